The van der Waals surface area contributed by atoms with Gasteiger partial charge in [0.05, 0.1) is 6.54 Å². The lowest BCUT2D eigenvalue weighted by Crippen LogP contribution is -2.70. The molecule has 1 unspecified atom stereocenters. The second kappa shape index (κ2) is 2.47. The fourth-order valence-corrected chi connectivity index (χ4v) is 2.38. The van der Waals surface area contributed by atoms with Crippen LogP contribution in [-0.2, 0) is 0 Å². The molecule has 0 radical (unpaired) electrons. The van der Waals surface area contributed by atoms with Crippen molar-refractivity contribution in [3.05, 3.63) is 0 Å². The first kappa shape index (κ1) is 8.54. The molecule has 3 N–H and O–H groups in total. The first-order chi connectivity index (χ1) is 5.58. The number of quaternary nitrogens is 1. The maximum absolute atomic E-state index is 10.2. The Morgan fingerprint density at radius 1 is 1.50 bits per heavy atom. The van der Waals surface area contributed by atoms with Gasteiger partial charge < -0.3 is 15.2 Å². The van der Waals surface area contributed by atoms with Crippen LogP contribution in [0.2, 0.25) is 0 Å². The zero-order chi connectivity index (χ0) is 8.82. The van der Waals surface area contributed by atoms with Crippen LogP contribution in [0.1, 0.15) is 12.8 Å². The van der Waals surface area contributed by atoms with Gasteiger partial charge in [0.25, 0.3) is 0 Å². The summed E-state index contributed by atoms with van der Waals surface area (Å²) in [4.78, 5) is 0. The molecule has 0 aliphatic carbocycles. The average Bonchev–Trinajstić information content (AvgIpc) is 2.04. The fourth-order valence-electron chi connectivity index (χ4n) is 2.38. The van der Waals surface area contributed by atoms with Crippen molar-refractivity contribution in [3.63, 3.8) is 0 Å². The van der Waals surface area contributed by atoms with Crippen molar-refractivity contribution in [3.8, 4) is 0 Å². The molecule has 3 heterocycles. The van der Waals surface area contributed by atoms with Crippen LogP contribution in [0.5, 0.6) is 0 Å². The molecule has 2 bridgehead atoms. The maximum Gasteiger partial charge on any atom is 0.169 e. The molecule has 3 aliphatic rings. The second-order valence-electron chi connectivity index (χ2n) is 3.86. The van der Waals surface area contributed by atoms with E-state index in [1.807, 2.05) is 0 Å². The minimum absolute atomic E-state index is 0.314. The van der Waals surface area contributed by atoms with E-state index in [1.54, 1.807) is 0 Å². The van der Waals surface area contributed by atoms with E-state index in [0.29, 0.717) is 20.4 Å². The van der Waals surface area contributed by atoms with E-state index in [9.17, 15) is 5.11 Å². The molecule has 4 heteroatoms. The lowest BCUT2D eigenvalue weighted by Gasteiger charge is -2.60. The number of nitrogens with zero attached hydrogens (tertiary/aromatic N) is 1. The number of fused-ring (bicyclic) bond motifs is 3. The van der Waals surface area contributed by atoms with Gasteiger partial charge in [-0.2, -0.15) is 0 Å². The summed E-state index contributed by atoms with van der Waals surface area (Å²) in [7, 11) is 0.314. The third-order valence-corrected chi connectivity index (χ3v) is 3.20. The van der Waals surface area contributed by atoms with Gasteiger partial charge in [-0.15, -0.1) is 0 Å². The van der Waals surface area contributed by atoms with Crippen LogP contribution in [0.3, 0.4) is 0 Å². The van der Waals surface area contributed by atoms with Crippen molar-refractivity contribution in [1.29, 1.82) is 0 Å². The van der Waals surface area contributed by atoms with Gasteiger partial charge in [-0.05, 0) is 12.8 Å². The van der Waals surface area contributed by atoms with E-state index in [1.165, 1.54) is 30.3 Å². The summed E-state index contributed by atoms with van der Waals surface area (Å²) in [5.41, 5.74) is 5.16. The van der Waals surface area contributed by atoms with Crippen LogP contribution < -0.4 is 5.73 Å². The molecular weight excluding hydrogens is 151 g/mol. The Kier molecular flexibility index (Phi) is 1.76. The minimum Gasteiger partial charge on any atom is -0.520 e. The van der Waals surface area contributed by atoms with Crippen molar-refractivity contribution in [2.45, 2.75) is 18.4 Å². The molecule has 3 fully saturated rings. The van der Waals surface area contributed by atoms with Crippen molar-refractivity contribution in [1.82, 2.24) is 0 Å². The Bertz CT molecular complexity index is 191. The molecule has 0 spiro atoms. The standard InChI is InChI=1S/C8H19BN2O/c9-11-3-1-7(2-4-11)8(12,5-10)6-11/h7,12H,1-6,10H2,9H3. The highest BCUT2D eigenvalue weighted by Crippen LogP contribution is 2.38. The van der Waals surface area contributed by atoms with Gasteiger partial charge in [-0.1, -0.05) is 0 Å². The van der Waals surface area contributed by atoms with Gasteiger partial charge in [-0.25, -0.2) is 0 Å². The lowest BCUT2D eigenvalue weighted by atomic mass is 9.72. The van der Waals surface area contributed by atoms with E-state index in [2.05, 4.69) is 0 Å². The first-order valence-corrected chi connectivity index (χ1v) is 4.39. The second-order valence-corrected chi connectivity index (χ2v) is 3.86. The smallest absolute Gasteiger partial charge is 0.169 e. The number of hydrogen-bond donors (Lipinski definition) is 2. The summed E-state index contributed by atoms with van der Waals surface area (Å²) in [6.07, 6.45) is 2.44. The summed E-state index contributed by atoms with van der Waals surface area (Å²) in [5.74, 6) is 0.514. The zero-order valence-electron chi connectivity index (χ0n) is 6.79. The van der Waals surface area contributed by atoms with E-state index < -0.39 is 5.60 Å². The lowest BCUT2D eigenvalue weighted by molar-refractivity contribution is -0.846. The third-order valence-electron chi connectivity index (χ3n) is 3.20. The van der Waals surface area contributed by atoms with Crippen LogP contribution >= 0.6 is 0 Å². The van der Waals surface area contributed by atoms with Gasteiger partial charge in [-0.3, -0.25) is 0 Å². The van der Waals surface area contributed by atoms with Crippen molar-refractivity contribution in [2.75, 3.05) is 26.2 Å². The van der Waals surface area contributed by atoms with Gasteiger partial charge in [0.15, 0.2) is 7.98 Å². The Labute approximate surface area is 74.6 Å². The van der Waals surface area contributed by atoms with Gasteiger partial charge in [0.2, 0.25) is 0 Å². The van der Waals surface area contributed by atoms with Crippen LogP contribution in [0.25, 0.3) is 0 Å². The van der Waals surface area contributed by atoms with Crippen LogP contribution in [0.4, 0.5) is 0 Å². The van der Waals surface area contributed by atoms with Crippen LogP contribution in [0.15, 0.2) is 0 Å². The summed E-state index contributed by atoms with van der Waals surface area (Å²) >= 11 is 0. The molecule has 1 atom stereocenters. The molecule has 3 rings (SSSR count). The molecular formula is C8H19BN2O. The molecule has 0 aromatic heterocycles. The van der Waals surface area contributed by atoms with Crippen molar-refractivity contribution < 1.29 is 9.50 Å². The quantitative estimate of drug-likeness (QED) is 0.456. The molecule has 3 saturated heterocycles. The normalized spacial score (nSPS) is 52.8. The highest BCUT2D eigenvalue weighted by Gasteiger charge is 2.48. The summed E-state index contributed by atoms with van der Waals surface area (Å²) < 4.78 is 1.28. The fraction of sp³-hybridized carbons (Fsp3) is 1.00. The number of rotatable bonds is 1. The first-order valence-electron chi connectivity index (χ1n) is 4.39. The van der Waals surface area contributed by atoms with Gasteiger partial charge in [0.1, 0.15) is 5.60 Å². The number of nitrogens with two attached hydrogens (primary N) is 1. The largest absolute Gasteiger partial charge is 0.520 e. The number of aliphatic hydroxyl groups is 1. The Hall–Kier alpha value is -0.0551. The maximum atomic E-state index is 10.2. The van der Waals surface area contributed by atoms with E-state index in [0.717, 1.165) is 6.54 Å². The van der Waals surface area contributed by atoms with Crippen LogP contribution in [0, 0.1) is 5.92 Å². The van der Waals surface area contributed by atoms with Crippen molar-refractivity contribution in [2.24, 2.45) is 11.7 Å². The minimum atomic E-state index is -0.488. The topological polar surface area (TPSA) is 46.2 Å². The molecule has 12 heavy (non-hydrogen) atoms. The predicted molar refractivity (Wildman–Crippen MR) is 51.5 cm³/mol. The van der Waals surface area contributed by atoms with E-state index in [-0.39, 0.29) is 0 Å². The van der Waals surface area contributed by atoms with E-state index in [4.69, 9.17) is 5.73 Å². The molecule has 3 nitrogen and oxygen atoms in total. The molecule has 0 aromatic carbocycles. The Balaban J connectivity index is 2.21. The summed E-state index contributed by atoms with van der Waals surface area (Å²) in [6.45, 7) is 4.14. The van der Waals surface area contributed by atoms with Gasteiger partial charge in [0, 0.05) is 25.6 Å². The highest BCUT2D eigenvalue weighted by molar-refractivity contribution is 5.97. The third kappa shape index (κ3) is 1.10. The summed E-state index contributed by atoms with van der Waals surface area (Å²) in [6, 6.07) is 0. The zero-order valence-corrected chi connectivity index (χ0v) is 6.79. The molecule has 0 aromatic rings. The predicted octanol–water partition coefficient (Wildman–Crippen LogP) is -1.80. The average molecular weight is 170 g/mol. The van der Waals surface area contributed by atoms with Crippen molar-refractivity contribution >= 4 is 7.98 Å². The molecule has 0 amide bonds. The number of piperidine rings is 3. The number of hydrogen-bond acceptors (Lipinski definition) is 2. The van der Waals surface area contributed by atoms with Gasteiger partial charge >= 0.3 is 0 Å². The Morgan fingerprint density at radius 2 is 2.08 bits per heavy atom. The molecule has 0 saturated carbocycles. The highest BCUT2D eigenvalue weighted by atomic mass is 16.3. The SMILES string of the molecule is [BH3-][N+]12CCC(CC1)C(O)(CN)C2. The summed E-state index contributed by atoms with van der Waals surface area (Å²) in [5, 5.41) is 10.2. The monoisotopic (exact) mass is 170 g/mol. The molecule has 3 aliphatic heterocycles. The van der Waals surface area contributed by atoms with Crippen LogP contribution in [-0.4, -0.2) is 49.3 Å². The molecule has 70 valence electrons. The van der Waals surface area contributed by atoms with E-state index >= 15 is 0 Å². The Morgan fingerprint density at radius 3 is 2.42 bits per heavy atom.